The summed E-state index contributed by atoms with van der Waals surface area (Å²) in [4.78, 5) is 0. The van der Waals surface area contributed by atoms with Gasteiger partial charge in [0.2, 0.25) is 0 Å². The molecule has 7 heteroatoms. The van der Waals surface area contributed by atoms with Gasteiger partial charge in [-0.2, -0.15) is 18.3 Å². The molecule has 0 amide bonds. The molecule has 0 spiro atoms. The first kappa shape index (κ1) is 10.3. The zero-order valence-corrected chi connectivity index (χ0v) is 7.02. The van der Waals surface area contributed by atoms with Crippen LogP contribution in [-0.2, 0) is 6.18 Å². The average molecular weight is 215 g/mol. The fourth-order valence-electron chi connectivity index (χ4n) is 0.736. The van der Waals surface area contributed by atoms with E-state index in [0.717, 1.165) is 6.07 Å². The Labute approximate surface area is 76.5 Å². The van der Waals surface area contributed by atoms with Gasteiger partial charge in [-0.1, -0.05) is 0 Å². The lowest BCUT2D eigenvalue weighted by molar-refractivity contribution is -0.141. The molecule has 0 aliphatic carbocycles. The summed E-state index contributed by atoms with van der Waals surface area (Å²) in [5, 5.41) is 14.1. The molecule has 1 heterocycles. The Hall–Kier alpha value is -0.750. The molecule has 2 N–H and O–H groups in total. The molecule has 0 saturated carbocycles. The first-order valence-electron chi connectivity index (χ1n) is 3.31. The molecular formula is C6H6ClF3N2O. The Bertz CT molecular complexity index is 286. The summed E-state index contributed by atoms with van der Waals surface area (Å²) in [5.74, 6) is -0.181. The van der Waals surface area contributed by atoms with Gasteiger partial charge in [0.25, 0.3) is 0 Å². The van der Waals surface area contributed by atoms with Gasteiger partial charge in [-0.25, -0.2) is 0 Å². The maximum Gasteiger partial charge on any atom is 0.435 e. The van der Waals surface area contributed by atoms with Crippen LogP contribution in [0.4, 0.5) is 13.2 Å². The fraction of sp³-hybridized carbons (Fsp3) is 0.500. The van der Waals surface area contributed by atoms with Crippen LogP contribution in [0.25, 0.3) is 0 Å². The Morgan fingerprint density at radius 3 is 2.62 bits per heavy atom. The fourth-order valence-corrected chi connectivity index (χ4v) is 0.902. The topological polar surface area (TPSA) is 48.9 Å². The van der Waals surface area contributed by atoms with Crippen molar-refractivity contribution in [1.82, 2.24) is 10.2 Å². The number of aromatic nitrogens is 2. The molecule has 0 fully saturated rings. The van der Waals surface area contributed by atoms with Crippen LogP contribution < -0.4 is 0 Å². The number of nitrogens with one attached hydrogen (secondary N) is 1. The van der Waals surface area contributed by atoms with Crippen LogP contribution >= 0.6 is 11.6 Å². The van der Waals surface area contributed by atoms with E-state index in [1.165, 1.54) is 0 Å². The predicted octanol–water partition coefficient (Wildman–Crippen LogP) is 1.70. The summed E-state index contributed by atoms with van der Waals surface area (Å²) in [6.07, 6.45) is -5.65. The van der Waals surface area contributed by atoms with Gasteiger partial charge in [0, 0.05) is 0 Å². The highest BCUT2D eigenvalue weighted by Gasteiger charge is 2.34. The van der Waals surface area contributed by atoms with E-state index in [0.29, 0.717) is 0 Å². The molecule has 1 aromatic heterocycles. The summed E-state index contributed by atoms with van der Waals surface area (Å²) in [6.45, 7) is 0. The highest BCUT2D eigenvalue weighted by molar-refractivity contribution is 6.18. The number of hydrogen-bond acceptors (Lipinski definition) is 2. The summed E-state index contributed by atoms with van der Waals surface area (Å²) in [5.41, 5.74) is -1.10. The molecule has 0 radical (unpaired) electrons. The molecule has 0 aliphatic heterocycles. The van der Waals surface area contributed by atoms with Crippen molar-refractivity contribution in [3.63, 3.8) is 0 Å². The van der Waals surface area contributed by atoms with Gasteiger partial charge < -0.3 is 5.11 Å². The molecule has 0 saturated heterocycles. The smallest absolute Gasteiger partial charge is 0.386 e. The number of nitrogens with zero attached hydrogens (tertiary/aromatic N) is 1. The molecule has 74 valence electrons. The maximum atomic E-state index is 12.0. The predicted molar refractivity (Wildman–Crippen MR) is 39.3 cm³/mol. The first-order chi connectivity index (χ1) is 5.95. The van der Waals surface area contributed by atoms with E-state index in [1.54, 1.807) is 0 Å². The van der Waals surface area contributed by atoms with E-state index in [1.807, 2.05) is 0 Å². The van der Waals surface area contributed by atoms with Crippen LogP contribution in [-0.4, -0.2) is 21.2 Å². The summed E-state index contributed by atoms with van der Waals surface area (Å²) >= 11 is 5.23. The molecule has 1 unspecified atom stereocenters. The second-order valence-electron chi connectivity index (χ2n) is 2.38. The number of aliphatic hydroxyl groups excluding tert-OH is 1. The average Bonchev–Trinajstić information content (AvgIpc) is 2.50. The number of aliphatic hydroxyl groups is 1. The quantitative estimate of drug-likeness (QED) is 0.737. The summed E-state index contributed by atoms with van der Waals surface area (Å²) in [7, 11) is 0. The van der Waals surface area contributed by atoms with Crippen molar-refractivity contribution in [2.24, 2.45) is 0 Å². The van der Waals surface area contributed by atoms with Gasteiger partial charge in [-0.05, 0) is 6.07 Å². The van der Waals surface area contributed by atoms with Crippen LogP contribution in [0.3, 0.4) is 0 Å². The number of rotatable bonds is 2. The molecular weight excluding hydrogens is 209 g/mol. The lowest BCUT2D eigenvalue weighted by atomic mass is 10.2. The van der Waals surface area contributed by atoms with E-state index in [2.05, 4.69) is 10.2 Å². The minimum absolute atomic E-state index is 0.0395. The van der Waals surface area contributed by atoms with Crippen molar-refractivity contribution in [3.05, 3.63) is 17.5 Å². The Balaban J connectivity index is 2.87. The highest BCUT2D eigenvalue weighted by Crippen LogP contribution is 2.28. The van der Waals surface area contributed by atoms with Gasteiger partial charge in [0.1, 0.15) is 6.10 Å². The second-order valence-corrected chi connectivity index (χ2v) is 2.68. The van der Waals surface area contributed by atoms with E-state index >= 15 is 0 Å². The number of aromatic amines is 1. The lowest BCUT2D eigenvalue weighted by Gasteiger charge is -2.01. The third kappa shape index (κ3) is 2.35. The van der Waals surface area contributed by atoms with Crippen molar-refractivity contribution in [1.29, 1.82) is 0 Å². The molecule has 0 bridgehead atoms. The third-order valence-electron chi connectivity index (χ3n) is 1.39. The van der Waals surface area contributed by atoms with E-state index in [9.17, 15) is 13.2 Å². The minimum Gasteiger partial charge on any atom is -0.386 e. The van der Waals surface area contributed by atoms with Gasteiger partial charge in [-0.3, -0.25) is 5.10 Å². The highest BCUT2D eigenvalue weighted by atomic mass is 35.5. The second kappa shape index (κ2) is 3.55. The molecule has 1 rings (SSSR count). The molecule has 13 heavy (non-hydrogen) atoms. The van der Waals surface area contributed by atoms with Crippen LogP contribution in [0, 0.1) is 0 Å². The van der Waals surface area contributed by atoms with Gasteiger partial charge in [0.05, 0.1) is 11.6 Å². The monoisotopic (exact) mass is 214 g/mol. The molecule has 3 nitrogen and oxygen atoms in total. The molecule has 1 aromatic rings. The number of hydrogen-bond donors (Lipinski definition) is 2. The van der Waals surface area contributed by atoms with Crippen LogP contribution in [0.1, 0.15) is 17.5 Å². The minimum atomic E-state index is -4.50. The molecule has 0 aliphatic rings. The molecule has 1 atom stereocenters. The van der Waals surface area contributed by atoms with Gasteiger partial charge in [-0.15, -0.1) is 11.6 Å². The maximum absolute atomic E-state index is 12.0. The Kier molecular flexibility index (Phi) is 2.82. The largest absolute Gasteiger partial charge is 0.435 e. The van der Waals surface area contributed by atoms with Gasteiger partial charge >= 0.3 is 6.18 Å². The normalized spacial score (nSPS) is 14.5. The van der Waals surface area contributed by atoms with Crippen molar-refractivity contribution >= 4 is 11.6 Å². The SMILES string of the molecule is OC(CCl)c1cc(C(F)(F)F)n[nH]1. The van der Waals surface area contributed by atoms with E-state index in [4.69, 9.17) is 16.7 Å². The van der Waals surface area contributed by atoms with Crippen molar-refractivity contribution < 1.29 is 18.3 Å². The number of halogens is 4. The summed E-state index contributed by atoms with van der Waals surface area (Å²) in [6, 6.07) is 0.729. The zero-order chi connectivity index (χ0) is 10.1. The summed E-state index contributed by atoms with van der Waals surface area (Å²) < 4.78 is 35.9. The van der Waals surface area contributed by atoms with Crippen LogP contribution in [0.5, 0.6) is 0 Å². The van der Waals surface area contributed by atoms with Gasteiger partial charge in [0.15, 0.2) is 5.69 Å². The Morgan fingerprint density at radius 2 is 2.23 bits per heavy atom. The van der Waals surface area contributed by atoms with Crippen LogP contribution in [0.2, 0.25) is 0 Å². The zero-order valence-electron chi connectivity index (χ0n) is 6.27. The lowest BCUT2D eigenvalue weighted by Crippen LogP contribution is -2.04. The number of alkyl halides is 4. The molecule has 0 aromatic carbocycles. The van der Waals surface area contributed by atoms with E-state index in [-0.39, 0.29) is 11.6 Å². The van der Waals surface area contributed by atoms with Crippen LogP contribution in [0.15, 0.2) is 6.07 Å². The van der Waals surface area contributed by atoms with E-state index < -0.39 is 18.0 Å². The van der Waals surface area contributed by atoms with Crippen molar-refractivity contribution in [2.45, 2.75) is 12.3 Å². The standard InChI is InChI=1S/C6H6ClF3N2O/c7-2-4(13)3-1-5(12-11-3)6(8,9)10/h1,4,13H,2H2,(H,11,12). The number of H-pyrrole nitrogens is 1. The van der Waals surface area contributed by atoms with Crippen molar-refractivity contribution in [3.8, 4) is 0 Å². The van der Waals surface area contributed by atoms with Crippen molar-refractivity contribution in [2.75, 3.05) is 5.88 Å². The first-order valence-corrected chi connectivity index (χ1v) is 3.85. The Morgan fingerprint density at radius 1 is 1.62 bits per heavy atom. The third-order valence-corrected chi connectivity index (χ3v) is 1.69.